The van der Waals surface area contributed by atoms with E-state index in [2.05, 4.69) is 74.5 Å². The van der Waals surface area contributed by atoms with Crippen LogP contribution in [-0.2, 0) is 13.1 Å². The van der Waals surface area contributed by atoms with Crippen LogP contribution in [0.25, 0.3) is 0 Å². The molecule has 7 nitrogen and oxygen atoms in total. The Kier molecular flexibility index (Phi) is 10.1. The van der Waals surface area contributed by atoms with Crippen LogP contribution in [-0.4, -0.2) is 78.7 Å². The summed E-state index contributed by atoms with van der Waals surface area (Å²) in [6.45, 7) is 10.8. The number of rotatable bonds is 7. The Balaban J connectivity index is 0.00000320. The van der Waals surface area contributed by atoms with E-state index in [-0.39, 0.29) is 24.0 Å². The summed E-state index contributed by atoms with van der Waals surface area (Å²) in [5, 5.41) is 7.67. The molecule has 0 amide bonds. The van der Waals surface area contributed by atoms with Crippen molar-refractivity contribution >= 4 is 29.9 Å². The topological polar surface area (TPSA) is 60.1 Å². The molecule has 2 heterocycles. The number of aromatic nitrogens is 1. The Morgan fingerprint density at radius 1 is 1.23 bits per heavy atom. The molecular weight excluding hydrogens is 491 g/mol. The number of nitrogens with one attached hydrogen (secondary N) is 1. The number of aryl methyl sites for hydroxylation is 1. The van der Waals surface area contributed by atoms with Gasteiger partial charge >= 0.3 is 0 Å². The molecule has 1 N–H and O–H groups in total. The molecule has 0 bridgehead atoms. The van der Waals surface area contributed by atoms with E-state index in [0.717, 1.165) is 63.2 Å². The molecule has 3 rings (SSSR count). The van der Waals surface area contributed by atoms with Gasteiger partial charge in [0.2, 0.25) is 0 Å². The average Bonchev–Trinajstić information content (AvgIpc) is 3.14. The molecule has 0 radical (unpaired) electrons. The van der Waals surface area contributed by atoms with Crippen LogP contribution in [0.1, 0.15) is 23.9 Å². The molecule has 166 valence electrons. The first-order chi connectivity index (χ1) is 14.0. The van der Waals surface area contributed by atoms with Gasteiger partial charge in [-0.3, -0.25) is 14.8 Å². The van der Waals surface area contributed by atoms with Crippen LogP contribution in [0.3, 0.4) is 0 Å². The molecule has 1 aliphatic rings. The Hall–Kier alpha value is -1.65. The standard InChI is InChI=1S/C22H34N6O.HI/c1-18(26(4)16-20-8-6-5-7-9-20)15-24-22(23-3)28-12-10-27(11-13-28)17-21-14-19(2)29-25-21;/h5-9,14,18H,10-13,15-17H2,1-4H3,(H,23,24);1H. The summed E-state index contributed by atoms with van der Waals surface area (Å²) < 4.78 is 5.17. The smallest absolute Gasteiger partial charge is 0.193 e. The van der Waals surface area contributed by atoms with Crippen molar-refractivity contribution in [3.63, 3.8) is 0 Å². The van der Waals surface area contributed by atoms with E-state index in [1.54, 1.807) is 0 Å². The lowest BCUT2D eigenvalue weighted by Crippen LogP contribution is -2.53. The molecule has 1 fully saturated rings. The zero-order chi connectivity index (χ0) is 20.6. The maximum absolute atomic E-state index is 5.17. The molecule has 1 aliphatic heterocycles. The molecular formula is C22H35IN6O. The van der Waals surface area contributed by atoms with Crippen LogP contribution in [0, 0.1) is 6.92 Å². The third kappa shape index (κ3) is 7.24. The lowest BCUT2D eigenvalue weighted by molar-refractivity contribution is 0.168. The van der Waals surface area contributed by atoms with Crippen molar-refractivity contribution in [2.45, 2.75) is 33.0 Å². The number of aliphatic imine (C=N–C) groups is 1. The van der Waals surface area contributed by atoms with Crippen molar-refractivity contribution in [1.82, 2.24) is 25.2 Å². The molecule has 1 aromatic heterocycles. The molecule has 1 saturated heterocycles. The van der Waals surface area contributed by atoms with Gasteiger partial charge in [-0.25, -0.2) is 0 Å². The molecule has 1 atom stereocenters. The van der Waals surface area contributed by atoms with Crippen LogP contribution >= 0.6 is 24.0 Å². The van der Waals surface area contributed by atoms with Crippen molar-refractivity contribution < 1.29 is 4.52 Å². The van der Waals surface area contributed by atoms with Crippen LogP contribution in [0.15, 0.2) is 45.9 Å². The molecule has 1 unspecified atom stereocenters. The highest BCUT2D eigenvalue weighted by molar-refractivity contribution is 14.0. The van der Waals surface area contributed by atoms with Gasteiger partial charge in [0.15, 0.2) is 5.96 Å². The third-order valence-corrected chi connectivity index (χ3v) is 5.53. The number of hydrogen-bond donors (Lipinski definition) is 1. The zero-order valence-electron chi connectivity index (χ0n) is 18.5. The van der Waals surface area contributed by atoms with E-state index in [4.69, 9.17) is 4.52 Å². The molecule has 30 heavy (non-hydrogen) atoms. The van der Waals surface area contributed by atoms with Gasteiger partial charge in [0, 0.05) is 65.0 Å². The predicted molar refractivity (Wildman–Crippen MR) is 132 cm³/mol. The Labute approximate surface area is 197 Å². The summed E-state index contributed by atoms with van der Waals surface area (Å²) in [5.74, 6) is 1.86. The van der Waals surface area contributed by atoms with E-state index in [1.807, 2.05) is 20.0 Å². The van der Waals surface area contributed by atoms with Gasteiger partial charge < -0.3 is 14.7 Å². The largest absolute Gasteiger partial charge is 0.361 e. The minimum atomic E-state index is 0. The van der Waals surface area contributed by atoms with E-state index in [1.165, 1.54) is 5.56 Å². The molecule has 0 saturated carbocycles. The van der Waals surface area contributed by atoms with E-state index >= 15 is 0 Å². The first-order valence-electron chi connectivity index (χ1n) is 10.4. The van der Waals surface area contributed by atoms with Crippen LogP contribution in [0.5, 0.6) is 0 Å². The molecule has 2 aromatic rings. The van der Waals surface area contributed by atoms with Crippen LogP contribution in [0.4, 0.5) is 0 Å². The van der Waals surface area contributed by atoms with Crippen LogP contribution in [0.2, 0.25) is 0 Å². The summed E-state index contributed by atoms with van der Waals surface area (Å²) in [7, 11) is 4.04. The highest BCUT2D eigenvalue weighted by Gasteiger charge is 2.21. The summed E-state index contributed by atoms with van der Waals surface area (Å²) in [5.41, 5.74) is 2.35. The van der Waals surface area contributed by atoms with Crippen molar-refractivity contribution in [3.8, 4) is 0 Å². The van der Waals surface area contributed by atoms with Gasteiger partial charge in [-0.05, 0) is 26.5 Å². The third-order valence-electron chi connectivity index (χ3n) is 5.53. The lowest BCUT2D eigenvalue weighted by atomic mass is 10.2. The number of likely N-dealkylation sites (N-methyl/N-ethyl adjacent to an activating group) is 1. The summed E-state index contributed by atoms with van der Waals surface area (Å²) in [4.78, 5) is 11.6. The lowest BCUT2D eigenvalue weighted by Gasteiger charge is -2.36. The van der Waals surface area contributed by atoms with E-state index in [0.29, 0.717) is 6.04 Å². The number of guanidine groups is 1. The van der Waals surface area contributed by atoms with Gasteiger partial charge in [0.25, 0.3) is 0 Å². The second kappa shape index (κ2) is 12.3. The maximum atomic E-state index is 5.17. The fourth-order valence-corrected chi connectivity index (χ4v) is 3.59. The molecule has 0 spiro atoms. The second-order valence-electron chi connectivity index (χ2n) is 7.87. The molecule has 0 aliphatic carbocycles. The fraction of sp³-hybridized carbons (Fsp3) is 0.545. The van der Waals surface area contributed by atoms with E-state index in [9.17, 15) is 0 Å². The highest BCUT2D eigenvalue weighted by Crippen LogP contribution is 2.10. The molecule has 1 aromatic carbocycles. The monoisotopic (exact) mass is 526 g/mol. The number of piperazine rings is 1. The minimum absolute atomic E-state index is 0. The maximum Gasteiger partial charge on any atom is 0.193 e. The quantitative estimate of drug-likeness (QED) is 0.340. The van der Waals surface area contributed by atoms with Crippen molar-refractivity contribution in [2.75, 3.05) is 46.8 Å². The van der Waals surface area contributed by atoms with Gasteiger partial charge in [0.1, 0.15) is 5.76 Å². The number of benzene rings is 1. The summed E-state index contributed by atoms with van der Waals surface area (Å²) in [6.07, 6.45) is 0. The SMILES string of the molecule is CN=C(NCC(C)N(C)Cc1ccccc1)N1CCN(Cc2cc(C)on2)CC1.I. The van der Waals surface area contributed by atoms with Crippen molar-refractivity contribution in [3.05, 3.63) is 53.4 Å². The number of hydrogen-bond acceptors (Lipinski definition) is 5. The van der Waals surface area contributed by atoms with Gasteiger partial charge in [0.05, 0.1) is 5.69 Å². The first kappa shape index (κ1) is 24.6. The van der Waals surface area contributed by atoms with Crippen LogP contribution < -0.4 is 5.32 Å². The second-order valence-corrected chi connectivity index (χ2v) is 7.87. The summed E-state index contributed by atoms with van der Waals surface area (Å²) >= 11 is 0. The van der Waals surface area contributed by atoms with Crippen molar-refractivity contribution in [2.24, 2.45) is 4.99 Å². The van der Waals surface area contributed by atoms with Gasteiger partial charge in [-0.2, -0.15) is 0 Å². The normalized spacial score (nSPS) is 16.4. The zero-order valence-corrected chi connectivity index (χ0v) is 20.9. The molecule has 8 heteroatoms. The van der Waals surface area contributed by atoms with Gasteiger partial charge in [-0.1, -0.05) is 35.5 Å². The Morgan fingerprint density at radius 3 is 2.53 bits per heavy atom. The van der Waals surface area contributed by atoms with Gasteiger partial charge in [-0.15, -0.1) is 24.0 Å². The number of nitrogens with zero attached hydrogens (tertiary/aromatic N) is 5. The summed E-state index contributed by atoms with van der Waals surface area (Å²) in [6, 6.07) is 13.0. The first-order valence-corrected chi connectivity index (χ1v) is 10.4. The fourth-order valence-electron chi connectivity index (χ4n) is 3.59. The number of halogens is 1. The minimum Gasteiger partial charge on any atom is -0.361 e. The van der Waals surface area contributed by atoms with E-state index < -0.39 is 0 Å². The Morgan fingerprint density at radius 2 is 1.93 bits per heavy atom. The predicted octanol–water partition coefficient (Wildman–Crippen LogP) is 2.81. The average molecular weight is 526 g/mol. The Bertz CT molecular complexity index is 773. The van der Waals surface area contributed by atoms with Crippen molar-refractivity contribution in [1.29, 1.82) is 0 Å². The highest BCUT2D eigenvalue weighted by atomic mass is 127.